The number of piperazine rings is 1. The van der Waals surface area contributed by atoms with E-state index in [-0.39, 0.29) is 23.8 Å². The van der Waals surface area contributed by atoms with Crippen LogP contribution in [-0.2, 0) is 11.3 Å². The summed E-state index contributed by atoms with van der Waals surface area (Å²) in [5, 5.41) is 12.4. The number of hydrogen-bond acceptors (Lipinski definition) is 4. The van der Waals surface area contributed by atoms with Crippen LogP contribution in [0.4, 0.5) is 10.1 Å². The van der Waals surface area contributed by atoms with Gasteiger partial charge in [0.1, 0.15) is 5.82 Å². The fourth-order valence-electron chi connectivity index (χ4n) is 5.36. The number of amides is 1. The lowest BCUT2D eigenvalue weighted by Gasteiger charge is -2.34. The fourth-order valence-corrected chi connectivity index (χ4v) is 5.36. The molecule has 1 aliphatic rings. The lowest BCUT2D eigenvalue weighted by atomic mass is 9.87. The molecular weight excluding hydrogens is 483 g/mol. The molecule has 1 aliphatic heterocycles. The molecule has 0 spiro atoms. The van der Waals surface area contributed by atoms with Crippen LogP contribution in [-0.4, -0.2) is 57.9 Å². The molecule has 4 aromatic rings. The van der Waals surface area contributed by atoms with Crippen molar-refractivity contribution >= 4 is 22.5 Å². The molecule has 2 heterocycles. The van der Waals surface area contributed by atoms with Crippen LogP contribution in [0.2, 0.25) is 0 Å². The third kappa shape index (κ3) is 5.45. The minimum atomic E-state index is -0.455. The highest BCUT2D eigenvalue weighted by Gasteiger charge is 2.28. The molecule has 1 amide bonds. The summed E-state index contributed by atoms with van der Waals surface area (Å²) in [6.07, 6.45) is 2.13. The van der Waals surface area contributed by atoms with Crippen LogP contribution < -0.4 is 0 Å². The molecule has 7 nitrogen and oxygen atoms in total. The summed E-state index contributed by atoms with van der Waals surface area (Å²) in [6, 6.07) is 21.1. The molecule has 0 aliphatic carbocycles. The standard InChI is InChI=1S/C30H31FN4O3/c1-2-32-13-15-33(16-14-32)30(36)19-26(23-9-6-10-24(31)17-23)28-21-34(20-22-7-4-3-5-8-22)29-12-11-25(35(37)38)18-27(28)29/h3-12,17-18,21,26H,2,13-16,19-20H2,1H3/t26-/m1/s1. The van der Waals surface area contributed by atoms with Gasteiger partial charge in [-0.1, -0.05) is 49.4 Å². The zero-order chi connectivity index (χ0) is 26.6. The molecule has 196 valence electrons. The van der Waals surface area contributed by atoms with Crippen LogP contribution in [0.1, 0.15) is 36.0 Å². The third-order valence-corrected chi connectivity index (χ3v) is 7.48. The van der Waals surface area contributed by atoms with Crippen LogP contribution in [0.25, 0.3) is 10.9 Å². The van der Waals surface area contributed by atoms with Crippen molar-refractivity contribution in [3.8, 4) is 0 Å². The summed E-state index contributed by atoms with van der Waals surface area (Å²) < 4.78 is 16.5. The molecule has 0 N–H and O–H groups in total. The van der Waals surface area contributed by atoms with Crippen molar-refractivity contribution in [2.45, 2.75) is 25.8 Å². The van der Waals surface area contributed by atoms with E-state index in [0.717, 1.165) is 36.3 Å². The monoisotopic (exact) mass is 514 g/mol. The number of benzene rings is 3. The first-order chi connectivity index (χ1) is 18.4. The molecule has 5 rings (SSSR count). The highest BCUT2D eigenvalue weighted by molar-refractivity contribution is 5.88. The summed E-state index contributed by atoms with van der Waals surface area (Å²) in [4.78, 5) is 29.0. The topological polar surface area (TPSA) is 71.6 Å². The molecular formula is C30H31FN4O3. The average Bonchev–Trinajstić information content (AvgIpc) is 3.29. The predicted octanol–water partition coefficient (Wildman–Crippen LogP) is 5.42. The van der Waals surface area contributed by atoms with E-state index in [1.165, 1.54) is 18.2 Å². The van der Waals surface area contributed by atoms with E-state index < -0.39 is 10.8 Å². The van der Waals surface area contributed by atoms with Gasteiger partial charge in [-0.3, -0.25) is 14.9 Å². The molecule has 0 unspecified atom stereocenters. The van der Waals surface area contributed by atoms with Gasteiger partial charge in [0.2, 0.25) is 5.91 Å². The van der Waals surface area contributed by atoms with Gasteiger partial charge in [0.15, 0.2) is 0 Å². The Labute approximate surface area is 221 Å². The predicted molar refractivity (Wildman–Crippen MR) is 146 cm³/mol. The van der Waals surface area contributed by atoms with Crippen molar-refractivity contribution in [2.75, 3.05) is 32.7 Å². The van der Waals surface area contributed by atoms with Gasteiger partial charge in [-0.2, -0.15) is 0 Å². The maximum atomic E-state index is 14.4. The maximum absolute atomic E-state index is 14.4. The third-order valence-electron chi connectivity index (χ3n) is 7.48. The van der Waals surface area contributed by atoms with Crippen LogP contribution in [0.5, 0.6) is 0 Å². The van der Waals surface area contributed by atoms with Gasteiger partial charge in [-0.25, -0.2) is 4.39 Å². The number of non-ortho nitro benzene ring substituents is 1. The minimum absolute atomic E-state index is 0.00408. The summed E-state index contributed by atoms with van der Waals surface area (Å²) in [5.41, 5.74) is 3.36. The Kier molecular flexibility index (Phi) is 7.51. The number of fused-ring (bicyclic) bond motifs is 1. The number of likely N-dealkylation sites (N-methyl/N-ethyl adjacent to an activating group) is 1. The lowest BCUT2D eigenvalue weighted by molar-refractivity contribution is -0.384. The SMILES string of the molecule is CCN1CCN(C(=O)C[C@H](c2cccc(F)c2)c2cn(Cc3ccccc3)c3ccc([N+](=O)[O-])cc23)CC1. The first-order valence-electron chi connectivity index (χ1n) is 13.0. The van der Waals surface area contributed by atoms with E-state index in [9.17, 15) is 19.3 Å². The number of aromatic nitrogens is 1. The quantitative estimate of drug-likeness (QED) is 0.232. The zero-order valence-corrected chi connectivity index (χ0v) is 21.4. The Morgan fingerprint density at radius 1 is 1.00 bits per heavy atom. The molecule has 0 bridgehead atoms. The number of nitro groups is 1. The minimum Gasteiger partial charge on any atom is -0.343 e. The van der Waals surface area contributed by atoms with Gasteiger partial charge in [-0.05, 0) is 41.4 Å². The first kappa shape index (κ1) is 25.6. The van der Waals surface area contributed by atoms with E-state index in [0.29, 0.717) is 30.6 Å². The van der Waals surface area contributed by atoms with Gasteiger partial charge in [-0.15, -0.1) is 0 Å². The Balaban J connectivity index is 1.58. The second kappa shape index (κ2) is 11.1. The lowest BCUT2D eigenvalue weighted by Crippen LogP contribution is -2.48. The molecule has 1 aromatic heterocycles. The molecule has 0 saturated carbocycles. The number of nitrogens with zero attached hydrogens (tertiary/aromatic N) is 4. The van der Waals surface area contributed by atoms with Crippen molar-refractivity contribution in [3.05, 3.63) is 112 Å². The van der Waals surface area contributed by atoms with Gasteiger partial charge in [0.05, 0.1) is 4.92 Å². The molecule has 8 heteroatoms. The second-order valence-corrected chi connectivity index (χ2v) is 9.78. The summed E-state index contributed by atoms with van der Waals surface area (Å²) in [5.74, 6) is -0.830. The van der Waals surface area contributed by atoms with Crippen LogP contribution in [0.3, 0.4) is 0 Å². The second-order valence-electron chi connectivity index (χ2n) is 9.78. The number of hydrogen-bond donors (Lipinski definition) is 0. The smallest absolute Gasteiger partial charge is 0.270 e. The van der Waals surface area contributed by atoms with Gasteiger partial charge >= 0.3 is 0 Å². The van der Waals surface area contributed by atoms with E-state index in [1.54, 1.807) is 18.2 Å². The highest BCUT2D eigenvalue weighted by Crippen LogP contribution is 2.37. The fraction of sp³-hybridized carbons (Fsp3) is 0.300. The Morgan fingerprint density at radius 3 is 2.45 bits per heavy atom. The molecule has 1 fully saturated rings. The average molecular weight is 515 g/mol. The van der Waals surface area contributed by atoms with Crippen molar-refractivity contribution in [3.63, 3.8) is 0 Å². The van der Waals surface area contributed by atoms with Gasteiger partial charge in [0.25, 0.3) is 5.69 Å². The number of carbonyl (C=O) groups is 1. The van der Waals surface area contributed by atoms with E-state index in [1.807, 2.05) is 47.5 Å². The largest absolute Gasteiger partial charge is 0.343 e. The Morgan fingerprint density at radius 2 is 1.76 bits per heavy atom. The van der Waals surface area contributed by atoms with Gasteiger partial charge < -0.3 is 14.4 Å². The summed E-state index contributed by atoms with van der Waals surface area (Å²) in [7, 11) is 0. The summed E-state index contributed by atoms with van der Waals surface area (Å²) >= 11 is 0. The summed E-state index contributed by atoms with van der Waals surface area (Å²) in [6.45, 7) is 6.60. The number of rotatable bonds is 8. The zero-order valence-electron chi connectivity index (χ0n) is 21.4. The highest BCUT2D eigenvalue weighted by atomic mass is 19.1. The van der Waals surface area contributed by atoms with E-state index >= 15 is 0 Å². The van der Waals surface area contributed by atoms with E-state index in [2.05, 4.69) is 16.4 Å². The molecule has 0 radical (unpaired) electrons. The van der Waals surface area contributed by atoms with Crippen LogP contribution in [0, 0.1) is 15.9 Å². The molecule has 1 atom stereocenters. The van der Waals surface area contributed by atoms with Gasteiger partial charge in [0, 0.05) is 74.3 Å². The van der Waals surface area contributed by atoms with Crippen molar-refractivity contribution < 1.29 is 14.1 Å². The Bertz CT molecular complexity index is 1440. The Hall–Kier alpha value is -4.04. The van der Waals surface area contributed by atoms with Crippen LogP contribution >= 0.6 is 0 Å². The van der Waals surface area contributed by atoms with Crippen molar-refractivity contribution in [1.29, 1.82) is 0 Å². The number of nitro benzene ring substituents is 1. The normalized spacial score (nSPS) is 15.1. The molecule has 3 aromatic carbocycles. The molecule has 1 saturated heterocycles. The van der Waals surface area contributed by atoms with E-state index in [4.69, 9.17) is 0 Å². The van der Waals surface area contributed by atoms with Crippen molar-refractivity contribution in [2.24, 2.45) is 0 Å². The molecule has 38 heavy (non-hydrogen) atoms. The maximum Gasteiger partial charge on any atom is 0.270 e. The van der Waals surface area contributed by atoms with Crippen molar-refractivity contribution in [1.82, 2.24) is 14.4 Å². The number of carbonyl (C=O) groups excluding carboxylic acids is 1. The van der Waals surface area contributed by atoms with Crippen LogP contribution in [0.15, 0.2) is 79.0 Å². The number of halogens is 1. The first-order valence-corrected chi connectivity index (χ1v) is 13.0.